The molecule has 3 heterocycles. The van der Waals surface area contributed by atoms with Crippen molar-refractivity contribution >= 4 is 11.2 Å². The Kier molecular flexibility index (Phi) is 4.63. The van der Waals surface area contributed by atoms with Crippen LogP contribution >= 0.6 is 0 Å². The summed E-state index contributed by atoms with van der Waals surface area (Å²) in [6.07, 6.45) is 6.92. The molecular weight excluding hydrogens is 360 g/mol. The Morgan fingerprint density at radius 3 is 2.68 bits per heavy atom. The third-order valence-electron chi connectivity index (χ3n) is 4.64. The molecule has 0 radical (unpaired) electrons. The van der Waals surface area contributed by atoms with E-state index in [0.717, 1.165) is 11.3 Å². The van der Waals surface area contributed by atoms with Crippen LogP contribution in [0.5, 0.6) is 0 Å². The van der Waals surface area contributed by atoms with Crippen LogP contribution in [-0.2, 0) is 13.7 Å². The third kappa shape index (κ3) is 3.26. The molecule has 4 rings (SSSR count). The number of nitrogens with zero attached hydrogens (tertiary/aromatic N) is 5. The van der Waals surface area contributed by atoms with Gasteiger partial charge in [0, 0.05) is 31.2 Å². The van der Waals surface area contributed by atoms with E-state index in [9.17, 15) is 9.59 Å². The summed E-state index contributed by atoms with van der Waals surface area (Å²) in [5.41, 5.74) is 8.19. The minimum atomic E-state index is -0.485. The SMILES string of the molecule is CC(NNCn1cnc2c1c(=O)[nH]c(=O)n2C)c1ccc(-n2ccnc2)cc1. The summed E-state index contributed by atoms with van der Waals surface area (Å²) in [5, 5.41) is 0. The van der Waals surface area contributed by atoms with E-state index in [4.69, 9.17) is 0 Å². The van der Waals surface area contributed by atoms with Gasteiger partial charge in [-0.05, 0) is 24.6 Å². The van der Waals surface area contributed by atoms with Crippen LogP contribution in [0.3, 0.4) is 0 Å². The fourth-order valence-electron chi connectivity index (χ4n) is 3.02. The lowest BCUT2D eigenvalue weighted by molar-refractivity contribution is 0.414. The number of hydrogen-bond acceptors (Lipinski definition) is 6. The van der Waals surface area contributed by atoms with Gasteiger partial charge in [-0.15, -0.1) is 0 Å². The normalized spacial score (nSPS) is 12.5. The first-order valence-electron chi connectivity index (χ1n) is 8.75. The van der Waals surface area contributed by atoms with Gasteiger partial charge in [-0.1, -0.05) is 12.1 Å². The van der Waals surface area contributed by atoms with Crippen LogP contribution < -0.4 is 22.1 Å². The van der Waals surface area contributed by atoms with Gasteiger partial charge in [0.25, 0.3) is 5.56 Å². The van der Waals surface area contributed by atoms with Crippen LogP contribution in [0.2, 0.25) is 0 Å². The predicted octanol–water partition coefficient (Wildman–Crippen LogP) is 0.422. The van der Waals surface area contributed by atoms with Crippen LogP contribution in [0.15, 0.2) is 58.9 Å². The Morgan fingerprint density at radius 2 is 1.96 bits per heavy atom. The van der Waals surface area contributed by atoms with Crippen LogP contribution in [0.25, 0.3) is 16.9 Å². The molecular formula is C18H20N8O2. The van der Waals surface area contributed by atoms with Crippen molar-refractivity contribution in [2.45, 2.75) is 19.6 Å². The molecule has 3 aromatic heterocycles. The molecule has 10 nitrogen and oxygen atoms in total. The minimum absolute atomic E-state index is 0.0364. The molecule has 4 aromatic rings. The molecule has 0 bridgehead atoms. The number of H-pyrrole nitrogens is 1. The van der Waals surface area contributed by atoms with Gasteiger partial charge in [-0.2, -0.15) is 0 Å². The first-order chi connectivity index (χ1) is 13.5. The van der Waals surface area contributed by atoms with Gasteiger partial charge in [0.2, 0.25) is 0 Å². The van der Waals surface area contributed by atoms with E-state index in [1.807, 2.05) is 42.0 Å². The summed E-state index contributed by atoms with van der Waals surface area (Å²) >= 11 is 0. The molecule has 0 saturated heterocycles. The number of aromatic nitrogens is 6. The Morgan fingerprint density at radius 1 is 1.18 bits per heavy atom. The number of hydrazine groups is 1. The molecule has 3 N–H and O–H groups in total. The van der Waals surface area contributed by atoms with Crippen molar-refractivity contribution in [3.8, 4) is 5.69 Å². The first kappa shape index (κ1) is 17.9. The van der Waals surface area contributed by atoms with Crippen molar-refractivity contribution in [2.75, 3.05) is 0 Å². The monoisotopic (exact) mass is 380 g/mol. The van der Waals surface area contributed by atoms with Gasteiger partial charge in [-0.3, -0.25) is 14.3 Å². The van der Waals surface area contributed by atoms with Crippen molar-refractivity contribution in [3.63, 3.8) is 0 Å². The van der Waals surface area contributed by atoms with E-state index in [2.05, 4.69) is 25.8 Å². The number of hydrogen-bond donors (Lipinski definition) is 3. The lowest BCUT2D eigenvalue weighted by Gasteiger charge is -2.16. The van der Waals surface area contributed by atoms with Gasteiger partial charge in [0.1, 0.15) is 0 Å². The van der Waals surface area contributed by atoms with Crippen molar-refractivity contribution in [1.29, 1.82) is 0 Å². The van der Waals surface area contributed by atoms with Crippen LogP contribution in [0.4, 0.5) is 0 Å². The molecule has 0 aliphatic carbocycles. The second kappa shape index (κ2) is 7.25. The van der Waals surface area contributed by atoms with E-state index < -0.39 is 11.2 Å². The number of nitrogens with one attached hydrogen (secondary N) is 3. The molecule has 0 spiro atoms. The number of aromatic amines is 1. The molecule has 10 heteroatoms. The maximum Gasteiger partial charge on any atom is 0.329 e. The van der Waals surface area contributed by atoms with Crippen molar-refractivity contribution < 1.29 is 0 Å². The number of benzene rings is 1. The standard InChI is InChI=1S/C18H20N8O2/c1-12(13-3-5-14(6-4-13)25-8-7-19-9-25)23-21-11-26-10-20-16-15(26)17(27)22-18(28)24(16)2/h3-10,12,21,23H,11H2,1-2H3,(H,22,27,28). The summed E-state index contributed by atoms with van der Waals surface area (Å²) in [7, 11) is 1.57. The Labute approximate surface area is 159 Å². The van der Waals surface area contributed by atoms with Crippen molar-refractivity contribution in [2.24, 2.45) is 7.05 Å². The number of imidazole rings is 2. The fourth-order valence-corrected chi connectivity index (χ4v) is 3.02. The number of rotatable bonds is 6. The minimum Gasteiger partial charge on any atom is -0.310 e. The second-order valence-corrected chi connectivity index (χ2v) is 6.47. The van der Waals surface area contributed by atoms with Gasteiger partial charge in [0.05, 0.1) is 19.3 Å². The average Bonchev–Trinajstić information content (AvgIpc) is 3.37. The lowest BCUT2D eigenvalue weighted by Crippen LogP contribution is -2.36. The van der Waals surface area contributed by atoms with Crippen molar-refractivity contribution in [1.82, 2.24) is 39.5 Å². The van der Waals surface area contributed by atoms with Gasteiger partial charge in [-0.25, -0.2) is 25.6 Å². The second-order valence-electron chi connectivity index (χ2n) is 6.47. The van der Waals surface area contributed by atoms with Crippen LogP contribution in [0, 0.1) is 0 Å². The largest absolute Gasteiger partial charge is 0.329 e. The highest BCUT2D eigenvalue weighted by Crippen LogP contribution is 2.15. The van der Waals surface area contributed by atoms with E-state index >= 15 is 0 Å². The smallest absolute Gasteiger partial charge is 0.310 e. The Balaban J connectivity index is 1.43. The van der Waals surface area contributed by atoms with E-state index in [1.54, 1.807) is 24.1 Å². The molecule has 0 aliphatic rings. The zero-order chi connectivity index (χ0) is 19.7. The Bertz CT molecular complexity index is 1200. The quantitative estimate of drug-likeness (QED) is 0.418. The fraction of sp³-hybridized carbons (Fsp3) is 0.222. The molecule has 0 saturated carbocycles. The van der Waals surface area contributed by atoms with Crippen LogP contribution in [0.1, 0.15) is 18.5 Å². The summed E-state index contributed by atoms with van der Waals surface area (Å²) in [5.74, 6) is 0. The maximum absolute atomic E-state index is 12.1. The summed E-state index contributed by atoms with van der Waals surface area (Å²) in [6.45, 7) is 2.34. The average molecular weight is 380 g/mol. The summed E-state index contributed by atoms with van der Waals surface area (Å²) in [6, 6.07) is 8.18. The maximum atomic E-state index is 12.1. The molecule has 144 valence electrons. The molecule has 1 unspecified atom stereocenters. The van der Waals surface area contributed by atoms with Gasteiger partial charge < -0.3 is 9.13 Å². The highest BCUT2D eigenvalue weighted by Gasteiger charge is 2.11. The number of fused-ring (bicyclic) bond motifs is 1. The van der Waals surface area contributed by atoms with E-state index in [1.165, 1.54) is 10.9 Å². The van der Waals surface area contributed by atoms with Gasteiger partial charge in [0.15, 0.2) is 11.2 Å². The van der Waals surface area contributed by atoms with Gasteiger partial charge >= 0.3 is 5.69 Å². The molecule has 1 aromatic carbocycles. The summed E-state index contributed by atoms with van der Waals surface area (Å²) < 4.78 is 4.90. The predicted molar refractivity (Wildman–Crippen MR) is 104 cm³/mol. The van der Waals surface area contributed by atoms with Crippen molar-refractivity contribution in [3.05, 3.63) is 75.7 Å². The highest BCUT2D eigenvalue weighted by atomic mass is 16.2. The number of aryl methyl sites for hydroxylation is 1. The topological polar surface area (TPSA) is 115 Å². The molecule has 28 heavy (non-hydrogen) atoms. The first-order valence-corrected chi connectivity index (χ1v) is 8.75. The zero-order valence-electron chi connectivity index (χ0n) is 15.5. The van der Waals surface area contributed by atoms with Crippen LogP contribution in [-0.4, -0.2) is 28.7 Å². The third-order valence-corrected chi connectivity index (χ3v) is 4.64. The summed E-state index contributed by atoms with van der Waals surface area (Å²) in [4.78, 5) is 34.2. The van der Waals surface area contributed by atoms with E-state index in [-0.39, 0.29) is 6.04 Å². The highest BCUT2D eigenvalue weighted by molar-refractivity contribution is 5.69. The lowest BCUT2D eigenvalue weighted by atomic mass is 10.1. The van der Waals surface area contributed by atoms with E-state index in [0.29, 0.717) is 17.8 Å². The molecule has 0 fully saturated rings. The zero-order valence-corrected chi connectivity index (χ0v) is 15.5. The Hall–Kier alpha value is -3.50. The molecule has 0 aliphatic heterocycles. The molecule has 0 amide bonds. The molecule has 1 atom stereocenters.